The molecule has 0 bridgehead atoms. The highest BCUT2D eigenvalue weighted by molar-refractivity contribution is 5.97. The Labute approximate surface area is 151 Å². The number of nitrogens with zero attached hydrogens (tertiary/aromatic N) is 2. The first-order valence-corrected chi connectivity index (χ1v) is 10.1. The quantitative estimate of drug-likeness (QED) is 0.818. The molecule has 25 heavy (non-hydrogen) atoms. The molecule has 1 aliphatic carbocycles. The smallest absolute Gasteiger partial charge is 0.250 e. The molecule has 0 aromatic heterocycles. The molecular weight excluding hydrogens is 308 g/mol. The molecule has 0 unspecified atom stereocenters. The molecule has 2 heterocycles. The zero-order chi connectivity index (χ0) is 17.1. The van der Waals surface area contributed by atoms with E-state index in [1.54, 1.807) is 0 Å². The molecule has 0 spiro atoms. The molecule has 1 amide bonds. The van der Waals surface area contributed by atoms with E-state index in [1.807, 2.05) is 0 Å². The summed E-state index contributed by atoms with van der Waals surface area (Å²) in [4.78, 5) is 17.3. The minimum atomic E-state index is 0.362. The summed E-state index contributed by atoms with van der Waals surface area (Å²) in [6, 6.07) is 10.8. The summed E-state index contributed by atoms with van der Waals surface area (Å²) in [6.45, 7) is 5.45. The Bertz CT molecular complexity index is 629. The fourth-order valence-electron chi connectivity index (χ4n) is 4.68. The van der Waals surface area contributed by atoms with Crippen LogP contribution in [0.3, 0.4) is 0 Å². The first kappa shape index (κ1) is 16.8. The Balaban J connectivity index is 1.21. The van der Waals surface area contributed by atoms with Gasteiger partial charge in [-0.1, -0.05) is 30.3 Å². The van der Waals surface area contributed by atoms with Gasteiger partial charge >= 0.3 is 0 Å². The SMILES string of the molecule is O=C1C2=C(CCCC2)CN1CC1CCN(CCc2ccccc2)CC1. The summed E-state index contributed by atoms with van der Waals surface area (Å²) >= 11 is 0. The second kappa shape index (κ2) is 7.74. The van der Waals surface area contributed by atoms with Crippen LogP contribution in [0.2, 0.25) is 0 Å². The maximum atomic E-state index is 12.6. The predicted molar refractivity (Wildman–Crippen MR) is 101 cm³/mol. The minimum absolute atomic E-state index is 0.362. The maximum Gasteiger partial charge on any atom is 0.250 e. The molecule has 1 aromatic carbocycles. The van der Waals surface area contributed by atoms with Gasteiger partial charge in [-0.05, 0) is 75.1 Å². The summed E-state index contributed by atoms with van der Waals surface area (Å²) in [5.74, 6) is 1.06. The number of carbonyl (C=O) groups excluding carboxylic acids is 1. The molecule has 0 radical (unpaired) electrons. The first-order valence-electron chi connectivity index (χ1n) is 10.1. The van der Waals surface area contributed by atoms with E-state index in [4.69, 9.17) is 0 Å². The van der Waals surface area contributed by atoms with E-state index in [-0.39, 0.29) is 0 Å². The molecule has 1 saturated heterocycles. The van der Waals surface area contributed by atoms with Crippen LogP contribution in [0, 0.1) is 5.92 Å². The second-order valence-corrected chi connectivity index (χ2v) is 8.00. The van der Waals surface area contributed by atoms with Crippen molar-refractivity contribution >= 4 is 5.91 Å². The first-order chi connectivity index (χ1) is 12.3. The van der Waals surface area contributed by atoms with E-state index in [0.717, 1.165) is 38.9 Å². The van der Waals surface area contributed by atoms with Gasteiger partial charge in [0, 0.05) is 25.2 Å². The van der Waals surface area contributed by atoms with Crippen LogP contribution < -0.4 is 0 Å². The highest BCUT2D eigenvalue weighted by atomic mass is 16.2. The van der Waals surface area contributed by atoms with Gasteiger partial charge in [-0.2, -0.15) is 0 Å². The Hall–Kier alpha value is -1.61. The number of likely N-dealkylation sites (tertiary alicyclic amines) is 1. The van der Waals surface area contributed by atoms with Crippen LogP contribution in [0.5, 0.6) is 0 Å². The van der Waals surface area contributed by atoms with Crippen molar-refractivity contribution < 1.29 is 4.79 Å². The van der Waals surface area contributed by atoms with Crippen molar-refractivity contribution in [1.82, 2.24) is 9.80 Å². The molecular formula is C22H30N2O. The van der Waals surface area contributed by atoms with Gasteiger partial charge in [0.2, 0.25) is 5.91 Å². The lowest BCUT2D eigenvalue weighted by Crippen LogP contribution is -2.40. The zero-order valence-corrected chi connectivity index (χ0v) is 15.3. The van der Waals surface area contributed by atoms with Gasteiger partial charge in [0.15, 0.2) is 0 Å². The van der Waals surface area contributed by atoms with Crippen molar-refractivity contribution in [1.29, 1.82) is 0 Å². The van der Waals surface area contributed by atoms with E-state index < -0.39 is 0 Å². The van der Waals surface area contributed by atoms with Crippen molar-refractivity contribution in [3.05, 3.63) is 47.0 Å². The van der Waals surface area contributed by atoms with Gasteiger partial charge in [-0.15, -0.1) is 0 Å². The van der Waals surface area contributed by atoms with Crippen LogP contribution in [0.1, 0.15) is 44.1 Å². The van der Waals surface area contributed by atoms with E-state index in [2.05, 4.69) is 40.1 Å². The molecule has 1 aromatic rings. The number of piperidine rings is 1. The summed E-state index contributed by atoms with van der Waals surface area (Å²) in [6.07, 6.45) is 8.30. The van der Waals surface area contributed by atoms with Gasteiger partial charge in [-0.3, -0.25) is 4.79 Å². The van der Waals surface area contributed by atoms with Gasteiger partial charge in [0.1, 0.15) is 0 Å². The third-order valence-corrected chi connectivity index (χ3v) is 6.25. The molecule has 4 rings (SSSR count). The maximum absolute atomic E-state index is 12.6. The third kappa shape index (κ3) is 3.98. The molecule has 2 aliphatic heterocycles. The summed E-state index contributed by atoms with van der Waals surface area (Å²) in [5.41, 5.74) is 4.06. The average Bonchev–Trinajstić information content (AvgIpc) is 2.98. The lowest BCUT2D eigenvalue weighted by atomic mass is 9.94. The van der Waals surface area contributed by atoms with Crippen molar-refractivity contribution in [3.63, 3.8) is 0 Å². The Kier molecular flexibility index (Phi) is 5.21. The van der Waals surface area contributed by atoms with Crippen LogP contribution in [0.25, 0.3) is 0 Å². The van der Waals surface area contributed by atoms with Gasteiger partial charge < -0.3 is 9.80 Å². The van der Waals surface area contributed by atoms with Gasteiger partial charge in [-0.25, -0.2) is 0 Å². The lowest BCUT2D eigenvalue weighted by molar-refractivity contribution is -0.126. The van der Waals surface area contributed by atoms with Crippen LogP contribution in [0.15, 0.2) is 41.5 Å². The summed E-state index contributed by atoms with van der Waals surface area (Å²) in [7, 11) is 0. The highest BCUT2D eigenvalue weighted by Crippen LogP contribution is 2.33. The second-order valence-electron chi connectivity index (χ2n) is 8.00. The number of hydrogen-bond acceptors (Lipinski definition) is 2. The Morgan fingerprint density at radius 2 is 1.76 bits per heavy atom. The fraction of sp³-hybridized carbons (Fsp3) is 0.591. The third-order valence-electron chi connectivity index (χ3n) is 6.25. The number of amides is 1. The average molecular weight is 338 g/mol. The molecule has 0 N–H and O–H groups in total. The number of hydrogen-bond donors (Lipinski definition) is 0. The molecule has 3 heteroatoms. The summed E-state index contributed by atoms with van der Waals surface area (Å²) < 4.78 is 0. The predicted octanol–water partition coefficient (Wildman–Crippen LogP) is 3.65. The molecule has 0 atom stereocenters. The van der Waals surface area contributed by atoms with Crippen LogP contribution in [-0.2, 0) is 11.2 Å². The van der Waals surface area contributed by atoms with Gasteiger partial charge in [0.05, 0.1) is 0 Å². The Morgan fingerprint density at radius 1 is 1.00 bits per heavy atom. The van der Waals surface area contributed by atoms with Crippen LogP contribution >= 0.6 is 0 Å². The molecule has 0 saturated carbocycles. The van der Waals surface area contributed by atoms with E-state index in [9.17, 15) is 4.79 Å². The van der Waals surface area contributed by atoms with E-state index in [0.29, 0.717) is 11.8 Å². The molecule has 3 aliphatic rings. The van der Waals surface area contributed by atoms with E-state index in [1.165, 1.54) is 55.5 Å². The molecule has 134 valence electrons. The van der Waals surface area contributed by atoms with Crippen molar-refractivity contribution in [2.45, 2.75) is 44.9 Å². The number of benzene rings is 1. The van der Waals surface area contributed by atoms with E-state index >= 15 is 0 Å². The zero-order valence-electron chi connectivity index (χ0n) is 15.3. The van der Waals surface area contributed by atoms with Crippen LogP contribution in [-0.4, -0.2) is 48.4 Å². The molecule has 3 nitrogen and oxygen atoms in total. The van der Waals surface area contributed by atoms with Crippen molar-refractivity contribution in [3.8, 4) is 0 Å². The van der Waals surface area contributed by atoms with Gasteiger partial charge in [0.25, 0.3) is 0 Å². The highest BCUT2D eigenvalue weighted by Gasteiger charge is 2.33. The van der Waals surface area contributed by atoms with Crippen LogP contribution in [0.4, 0.5) is 0 Å². The molecule has 1 fully saturated rings. The largest absolute Gasteiger partial charge is 0.335 e. The normalized spacial score (nSPS) is 22.6. The number of carbonyl (C=O) groups is 1. The minimum Gasteiger partial charge on any atom is -0.335 e. The Morgan fingerprint density at radius 3 is 2.52 bits per heavy atom. The summed E-state index contributed by atoms with van der Waals surface area (Å²) in [5, 5.41) is 0. The van der Waals surface area contributed by atoms with Crippen molar-refractivity contribution in [2.24, 2.45) is 5.92 Å². The number of rotatable bonds is 5. The topological polar surface area (TPSA) is 23.6 Å². The lowest BCUT2D eigenvalue weighted by Gasteiger charge is -2.34. The fourth-order valence-corrected chi connectivity index (χ4v) is 4.68. The van der Waals surface area contributed by atoms with Crippen molar-refractivity contribution in [2.75, 3.05) is 32.7 Å². The standard InChI is InChI=1S/C22H30N2O/c25-22-21-9-5-4-8-20(21)17-24(22)16-19-11-14-23(15-12-19)13-10-18-6-2-1-3-7-18/h1-3,6-7,19H,4-5,8-17H2. The monoisotopic (exact) mass is 338 g/mol.